The first-order valence-electron chi connectivity index (χ1n) is 6.67. The van der Waals surface area contributed by atoms with Crippen molar-refractivity contribution >= 4 is 17.4 Å². The zero-order valence-electron chi connectivity index (χ0n) is 12.1. The molecule has 0 amide bonds. The lowest BCUT2D eigenvalue weighted by molar-refractivity contribution is 0.563. The van der Waals surface area contributed by atoms with Crippen molar-refractivity contribution in [1.29, 1.82) is 0 Å². The van der Waals surface area contributed by atoms with Gasteiger partial charge in [0.25, 0.3) is 0 Å². The average molecular weight is 294 g/mol. The highest BCUT2D eigenvalue weighted by molar-refractivity contribution is 6.31. The van der Waals surface area contributed by atoms with Gasteiger partial charge in [0, 0.05) is 31.7 Å². The molecular formula is C15H20ClN3O. The molecule has 0 unspecified atom stereocenters. The second kappa shape index (κ2) is 6.77. The van der Waals surface area contributed by atoms with Gasteiger partial charge in [-0.3, -0.25) is 0 Å². The van der Waals surface area contributed by atoms with E-state index >= 15 is 0 Å². The minimum Gasteiger partial charge on any atom is -0.472 e. The Bertz CT molecular complexity index is 540. The van der Waals surface area contributed by atoms with Crippen molar-refractivity contribution in [2.45, 2.75) is 33.0 Å². The van der Waals surface area contributed by atoms with Crippen LogP contribution in [-0.2, 0) is 13.1 Å². The van der Waals surface area contributed by atoms with Crippen molar-refractivity contribution in [3.05, 3.63) is 47.0 Å². The van der Waals surface area contributed by atoms with Crippen LogP contribution in [-0.4, -0.2) is 18.1 Å². The van der Waals surface area contributed by atoms with E-state index in [1.165, 1.54) is 0 Å². The second-order valence-electron chi connectivity index (χ2n) is 5.12. The highest BCUT2D eigenvalue weighted by Gasteiger charge is 2.09. The Morgan fingerprint density at radius 1 is 1.35 bits per heavy atom. The molecule has 108 valence electrons. The van der Waals surface area contributed by atoms with E-state index in [1.54, 1.807) is 12.5 Å². The van der Waals surface area contributed by atoms with Gasteiger partial charge in [0.05, 0.1) is 23.2 Å². The van der Waals surface area contributed by atoms with Gasteiger partial charge in [-0.25, -0.2) is 4.98 Å². The van der Waals surface area contributed by atoms with Crippen molar-refractivity contribution in [3.63, 3.8) is 0 Å². The van der Waals surface area contributed by atoms with E-state index in [2.05, 4.69) is 29.0 Å². The molecule has 0 aromatic carbocycles. The summed E-state index contributed by atoms with van der Waals surface area (Å²) in [4.78, 5) is 6.70. The monoisotopic (exact) mass is 293 g/mol. The van der Waals surface area contributed by atoms with Gasteiger partial charge in [0.1, 0.15) is 5.82 Å². The Labute approximate surface area is 124 Å². The number of halogens is 1. The summed E-state index contributed by atoms with van der Waals surface area (Å²) in [5.41, 5.74) is 1.99. The molecule has 0 atom stereocenters. The van der Waals surface area contributed by atoms with Crippen LogP contribution in [0.4, 0.5) is 5.82 Å². The van der Waals surface area contributed by atoms with Crippen molar-refractivity contribution in [2.24, 2.45) is 0 Å². The van der Waals surface area contributed by atoms with Gasteiger partial charge in [-0.2, -0.15) is 0 Å². The van der Waals surface area contributed by atoms with Gasteiger partial charge in [0.2, 0.25) is 0 Å². The molecule has 2 aromatic rings. The van der Waals surface area contributed by atoms with Crippen LogP contribution in [0.5, 0.6) is 0 Å². The fourth-order valence-corrected chi connectivity index (χ4v) is 2.02. The number of anilines is 1. The van der Waals surface area contributed by atoms with Crippen LogP contribution in [0, 0.1) is 0 Å². The molecule has 0 aliphatic heterocycles. The molecule has 0 saturated carbocycles. The summed E-state index contributed by atoms with van der Waals surface area (Å²) in [6, 6.07) is 6.18. The number of hydrogen-bond donors (Lipinski definition) is 1. The molecule has 2 aromatic heterocycles. The molecule has 0 radical (unpaired) electrons. The Morgan fingerprint density at radius 3 is 2.80 bits per heavy atom. The van der Waals surface area contributed by atoms with Gasteiger partial charge in [-0.05, 0) is 18.2 Å². The fraction of sp³-hybridized carbons (Fsp3) is 0.400. The Morgan fingerprint density at radius 2 is 2.15 bits per heavy atom. The third-order valence-corrected chi connectivity index (χ3v) is 3.32. The second-order valence-corrected chi connectivity index (χ2v) is 5.53. The van der Waals surface area contributed by atoms with E-state index in [-0.39, 0.29) is 0 Å². The lowest BCUT2D eigenvalue weighted by Crippen LogP contribution is -2.23. The average Bonchev–Trinajstić information content (AvgIpc) is 2.90. The molecule has 0 aliphatic carbocycles. The minimum absolute atomic E-state index is 0.403. The number of hydrogen-bond acceptors (Lipinski definition) is 4. The molecule has 0 bridgehead atoms. The molecule has 2 rings (SSSR count). The summed E-state index contributed by atoms with van der Waals surface area (Å²) >= 11 is 6.19. The highest BCUT2D eigenvalue weighted by atomic mass is 35.5. The van der Waals surface area contributed by atoms with Crippen LogP contribution >= 0.6 is 11.6 Å². The van der Waals surface area contributed by atoms with Gasteiger partial charge >= 0.3 is 0 Å². The number of nitrogens with zero attached hydrogens (tertiary/aromatic N) is 2. The van der Waals surface area contributed by atoms with E-state index in [0.29, 0.717) is 17.6 Å². The first kappa shape index (κ1) is 14.9. The third-order valence-electron chi connectivity index (χ3n) is 2.97. The standard InChI is InChI=1S/C15H20ClN3O/c1-11(2)17-8-14-13(16)4-5-15(18-14)19(3)9-12-6-7-20-10-12/h4-7,10-11,17H,8-9H2,1-3H3. The van der Waals surface area contributed by atoms with Crippen LogP contribution in [0.2, 0.25) is 5.02 Å². The van der Waals surface area contributed by atoms with Crippen LogP contribution < -0.4 is 10.2 Å². The summed E-state index contributed by atoms with van der Waals surface area (Å²) < 4.78 is 5.08. The van der Waals surface area contributed by atoms with Gasteiger partial charge in [-0.1, -0.05) is 25.4 Å². The molecule has 2 heterocycles. The van der Waals surface area contributed by atoms with Crippen LogP contribution in [0.25, 0.3) is 0 Å². The van der Waals surface area contributed by atoms with Crippen molar-refractivity contribution in [1.82, 2.24) is 10.3 Å². The van der Waals surface area contributed by atoms with Crippen molar-refractivity contribution < 1.29 is 4.42 Å². The number of nitrogens with one attached hydrogen (secondary N) is 1. The summed E-state index contributed by atoms with van der Waals surface area (Å²) in [6.45, 7) is 5.62. The van der Waals surface area contributed by atoms with Crippen LogP contribution in [0.3, 0.4) is 0 Å². The summed E-state index contributed by atoms with van der Waals surface area (Å²) in [7, 11) is 2.00. The maximum Gasteiger partial charge on any atom is 0.129 e. The summed E-state index contributed by atoms with van der Waals surface area (Å²) in [5, 5.41) is 4.03. The zero-order chi connectivity index (χ0) is 14.5. The molecular weight excluding hydrogens is 274 g/mol. The maximum atomic E-state index is 6.19. The van der Waals surface area contributed by atoms with Gasteiger partial charge in [-0.15, -0.1) is 0 Å². The van der Waals surface area contributed by atoms with E-state index < -0.39 is 0 Å². The minimum atomic E-state index is 0.403. The van der Waals surface area contributed by atoms with E-state index in [9.17, 15) is 0 Å². The number of rotatable bonds is 6. The van der Waals surface area contributed by atoms with Crippen LogP contribution in [0.15, 0.2) is 35.1 Å². The highest BCUT2D eigenvalue weighted by Crippen LogP contribution is 2.20. The lowest BCUT2D eigenvalue weighted by Gasteiger charge is -2.19. The molecule has 1 N–H and O–H groups in total. The largest absolute Gasteiger partial charge is 0.472 e. The molecule has 0 aliphatic rings. The normalized spacial score (nSPS) is 11.1. The van der Waals surface area contributed by atoms with E-state index in [0.717, 1.165) is 23.6 Å². The Hall–Kier alpha value is -1.52. The third kappa shape index (κ3) is 3.99. The molecule has 5 heteroatoms. The lowest BCUT2D eigenvalue weighted by atomic mass is 10.3. The molecule has 4 nitrogen and oxygen atoms in total. The fourth-order valence-electron chi connectivity index (χ4n) is 1.85. The molecule has 0 saturated heterocycles. The molecule has 0 spiro atoms. The number of pyridine rings is 1. The maximum absolute atomic E-state index is 6.19. The molecule has 0 fully saturated rings. The Balaban J connectivity index is 2.09. The Kier molecular flexibility index (Phi) is 5.04. The van der Waals surface area contributed by atoms with Crippen molar-refractivity contribution in [3.8, 4) is 0 Å². The predicted molar refractivity (Wildman–Crippen MR) is 82.0 cm³/mol. The van der Waals surface area contributed by atoms with E-state index in [1.807, 2.05) is 25.2 Å². The smallest absolute Gasteiger partial charge is 0.129 e. The SMILES string of the molecule is CC(C)NCc1nc(N(C)Cc2ccoc2)ccc1Cl. The van der Waals surface area contributed by atoms with Gasteiger partial charge < -0.3 is 14.6 Å². The quantitative estimate of drug-likeness (QED) is 0.885. The van der Waals surface area contributed by atoms with Gasteiger partial charge in [0.15, 0.2) is 0 Å². The van der Waals surface area contributed by atoms with Crippen molar-refractivity contribution in [2.75, 3.05) is 11.9 Å². The van der Waals surface area contributed by atoms with Crippen LogP contribution in [0.1, 0.15) is 25.1 Å². The summed E-state index contributed by atoms with van der Waals surface area (Å²) in [6.07, 6.45) is 3.42. The first-order chi connectivity index (χ1) is 9.56. The first-order valence-corrected chi connectivity index (χ1v) is 7.05. The number of aromatic nitrogens is 1. The zero-order valence-corrected chi connectivity index (χ0v) is 12.8. The molecule has 20 heavy (non-hydrogen) atoms. The van der Waals surface area contributed by atoms with E-state index in [4.69, 9.17) is 16.0 Å². The predicted octanol–water partition coefficient (Wildman–Crippen LogP) is 3.46. The number of furan rings is 1. The topological polar surface area (TPSA) is 41.3 Å². The summed E-state index contributed by atoms with van der Waals surface area (Å²) in [5.74, 6) is 0.899.